The number of benzene rings is 2. The van der Waals surface area contributed by atoms with Gasteiger partial charge >= 0.3 is 0 Å². The first-order chi connectivity index (χ1) is 14.8. The molecule has 0 atom stereocenters. The molecule has 0 aliphatic heterocycles. The fourth-order valence-corrected chi connectivity index (χ4v) is 3.32. The minimum absolute atomic E-state index is 0.723. The van der Waals surface area contributed by atoms with E-state index < -0.39 is 0 Å². The van der Waals surface area contributed by atoms with Gasteiger partial charge in [0.05, 0.1) is 11.4 Å². The molecule has 0 spiro atoms. The molecule has 3 aromatic rings. The average Bonchev–Trinajstić information content (AvgIpc) is 2.77. The molecule has 0 aliphatic carbocycles. The first-order valence-electron chi connectivity index (χ1n) is 10.9. The zero-order valence-corrected chi connectivity index (χ0v) is 18.1. The van der Waals surface area contributed by atoms with Crippen molar-refractivity contribution in [2.24, 2.45) is 9.98 Å². The largest absolute Gasteiger partial charge is 0.261 e. The molecule has 154 valence electrons. The zero-order chi connectivity index (χ0) is 21.0. The molecule has 0 saturated heterocycles. The van der Waals surface area contributed by atoms with Crippen molar-refractivity contribution in [1.29, 1.82) is 0 Å². The van der Waals surface area contributed by atoms with Crippen LogP contribution in [0.15, 0.2) is 76.7 Å². The highest BCUT2D eigenvalue weighted by molar-refractivity contribution is 5.67. The molecule has 2 aromatic carbocycles. The van der Waals surface area contributed by atoms with Crippen LogP contribution in [0.3, 0.4) is 0 Å². The number of rotatable bonds is 10. The molecule has 1 aromatic heterocycles. The van der Waals surface area contributed by atoms with Gasteiger partial charge in [0.1, 0.15) is 0 Å². The maximum absolute atomic E-state index is 4.73. The van der Waals surface area contributed by atoms with E-state index in [1.807, 2.05) is 24.6 Å². The van der Waals surface area contributed by atoms with E-state index in [0.717, 1.165) is 48.4 Å². The third kappa shape index (κ3) is 7.07. The predicted molar refractivity (Wildman–Crippen MR) is 129 cm³/mol. The Hall–Kier alpha value is -3.07. The van der Waals surface area contributed by atoms with E-state index in [1.165, 1.54) is 24.0 Å². The fraction of sp³-hybridized carbons (Fsp3) is 0.296. The lowest BCUT2D eigenvalue weighted by Gasteiger charge is -2.01. The monoisotopic (exact) mass is 397 g/mol. The summed E-state index contributed by atoms with van der Waals surface area (Å²) in [5.41, 5.74) is 6.76. The van der Waals surface area contributed by atoms with E-state index in [9.17, 15) is 0 Å². The van der Waals surface area contributed by atoms with Crippen LogP contribution in [0.25, 0.3) is 0 Å². The number of aliphatic imine (C=N–C) groups is 2. The van der Waals surface area contributed by atoms with E-state index >= 15 is 0 Å². The molecular weight excluding hydrogens is 366 g/mol. The van der Waals surface area contributed by atoms with Crippen LogP contribution in [-0.4, -0.2) is 17.4 Å². The normalized spacial score (nSPS) is 11.5. The summed E-state index contributed by atoms with van der Waals surface area (Å²) in [5, 5.41) is 0. The Kier molecular flexibility index (Phi) is 8.52. The van der Waals surface area contributed by atoms with Gasteiger partial charge in [-0.15, -0.1) is 0 Å². The van der Waals surface area contributed by atoms with Crippen molar-refractivity contribution in [2.45, 2.75) is 52.4 Å². The average molecular weight is 398 g/mol. The number of hydrogen-bond acceptors (Lipinski definition) is 3. The van der Waals surface area contributed by atoms with Crippen LogP contribution in [0.5, 0.6) is 0 Å². The predicted octanol–water partition coefficient (Wildman–Crippen LogP) is 6.88. The molecule has 0 aliphatic rings. The van der Waals surface area contributed by atoms with Gasteiger partial charge in [0.2, 0.25) is 0 Å². The van der Waals surface area contributed by atoms with E-state index in [2.05, 4.69) is 78.4 Å². The molecule has 0 N–H and O–H groups in total. The van der Waals surface area contributed by atoms with Crippen molar-refractivity contribution in [3.8, 4) is 0 Å². The van der Waals surface area contributed by atoms with Gasteiger partial charge in [-0.05, 0) is 60.4 Å². The minimum Gasteiger partial charge on any atom is -0.261 e. The number of pyridine rings is 1. The van der Waals surface area contributed by atoms with Gasteiger partial charge in [0.15, 0.2) is 0 Å². The SMILES string of the molecule is CCCc1ccc(N=CCc2cccc(CC=Nc3ccc(CCC)cc3)n2)cc1. The number of aryl methyl sites for hydroxylation is 2. The third-order valence-electron chi connectivity index (χ3n) is 4.90. The van der Waals surface area contributed by atoms with Gasteiger partial charge in [-0.2, -0.15) is 0 Å². The highest BCUT2D eigenvalue weighted by atomic mass is 14.8. The highest BCUT2D eigenvalue weighted by Gasteiger charge is 1.97. The summed E-state index contributed by atoms with van der Waals surface area (Å²) < 4.78 is 0. The van der Waals surface area contributed by atoms with Crippen LogP contribution >= 0.6 is 0 Å². The summed E-state index contributed by atoms with van der Waals surface area (Å²) >= 11 is 0. The summed E-state index contributed by atoms with van der Waals surface area (Å²) in [4.78, 5) is 13.9. The number of nitrogens with zero attached hydrogens (tertiary/aromatic N) is 3. The van der Waals surface area contributed by atoms with Crippen LogP contribution in [0.2, 0.25) is 0 Å². The summed E-state index contributed by atoms with van der Waals surface area (Å²) in [6, 6.07) is 23.1. The molecule has 3 rings (SSSR count). The fourth-order valence-electron chi connectivity index (χ4n) is 3.32. The number of hydrogen-bond donors (Lipinski definition) is 0. The number of aromatic nitrogens is 1. The Morgan fingerprint density at radius 2 is 1.07 bits per heavy atom. The third-order valence-corrected chi connectivity index (χ3v) is 4.90. The van der Waals surface area contributed by atoms with Crippen LogP contribution in [0.1, 0.15) is 49.2 Å². The van der Waals surface area contributed by atoms with Gasteiger partial charge in [-0.1, -0.05) is 57.0 Å². The van der Waals surface area contributed by atoms with Crippen LogP contribution < -0.4 is 0 Å². The van der Waals surface area contributed by atoms with Crippen molar-refractivity contribution < 1.29 is 0 Å². The van der Waals surface area contributed by atoms with Gasteiger partial charge < -0.3 is 0 Å². The Bertz CT molecular complexity index is 877. The Morgan fingerprint density at radius 1 is 0.633 bits per heavy atom. The molecule has 0 bridgehead atoms. The first-order valence-corrected chi connectivity index (χ1v) is 10.9. The maximum atomic E-state index is 4.73. The summed E-state index contributed by atoms with van der Waals surface area (Å²) in [7, 11) is 0. The van der Waals surface area contributed by atoms with E-state index in [0.29, 0.717) is 0 Å². The summed E-state index contributed by atoms with van der Waals surface area (Å²) in [6.07, 6.45) is 9.89. The molecule has 1 heterocycles. The molecule has 0 amide bonds. The van der Waals surface area contributed by atoms with Crippen LogP contribution in [-0.2, 0) is 25.7 Å². The second kappa shape index (κ2) is 11.8. The lowest BCUT2D eigenvalue weighted by atomic mass is 10.1. The summed E-state index contributed by atoms with van der Waals surface area (Å²) in [6.45, 7) is 4.40. The first kappa shape index (κ1) is 21.6. The lowest BCUT2D eigenvalue weighted by molar-refractivity contribution is 0.922. The molecule has 0 fully saturated rings. The Balaban J connectivity index is 1.52. The quantitative estimate of drug-likeness (QED) is 0.344. The molecule has 30 heavy (non-hydrogen) atoms. The van der Waals surface area contributed by atoms with Crippen molar-refractivity contribution in [3.63, 3.8) is 0 Å². The molecule has 3 heteroatoms. The van der Waals surface area contributed by atoms with Crippen molar-refractivity contribution in [1.82, 2.24) is 4.98 Å². The molecule has 0 radical (unpaired) electrons. The Morgan fingerprint density at radius 3 is 1.47 bits per heavy atom. The second-order valence-electron chi connectivity index (χ2n) is 7.48. The molecular formula is C27H31N3. The Labute approximate surface area is 180 Å². The lowest BCUT2D eigenvalue weighted by Crippen LogP contribution is -1.97. The highest BCUT2D eigenvalue weighted by Crippen LogP contribution is 2.15. The minimum atomic E-state index is 0.723. The van der Waals surface area contributed by atoms with Crippen molar-refractivity contribution in [2.75, 3.05) is 0 Å². The van der Waals surface area contributed by atoms with Crippen LogP contribution in [0.4, 0.5) is 11.4 Å². The van der Waals surface area contributed by atoms with Gasteiger partial charge in [-0.3, -0.25) is 15.0 Å². The molecule has 3 nitrogen and oxygen atoms in total. The topological polar surface area (TPSA) is 37.6 Å². The second-order valence-corrected chi connectivity index (χ2v) is 7.48. The molecule has 0 saturated carbocycles. The van der Waals surface area contributed by atoms with Gasteiger partial charge in [0, 0.05) is 36.7 Å². The van der Waals surface area contributed by atoms with E-state index in [1.54, 1.807) is 0 Å². The van der Waals surface area contributed by atoms with E-state index in [-0.39, 0.29) is 0 Å². The van der Waals surface area contributed by atoms with E-state index in [4.69, 9.17) is 4.98 Å². The molecule has 0 unspecified atom stereocenters. The summed E-state index contributed by atoms with van der Waals surface area (Å²) in [5.74, 6) is 0. The maximum Gasteiger partial charge on any atom is 0.0626 e. The smallest absolute Gasteiger partial charge is 0.0626 e. The standard InChI is InChI=1S/C27H31N3/c1-3-6-22-10-14-24(15-11-22)28-20-18-26-8-5-9-27(30-26)19-21-29-25-16-12-23(7-4-2)13-17-25/h5,8-17,20-21H,3-4,6-7,18-19H2,1-2H3. The van der Waals surface area contributed by atoms with Crippen molar-refractivity contribution >= 4 is 23.8 Å². The van der Waals surface area contributed by atoms with Crippen LogP contribution in [0, 0.1) is 0 Å². The van der Waals surface area contributed by atoms with Gasteiger partial charge in [-0.25, -0.2) is 0 Å². The van der Waals surface area contributed by atoms with Crippen molar-refractivity contribution in [3.05, 3.63) is 89.2 Å². The zero-order valence-electron chi connectivity index (χ0n) is 18.1. The van der Waals surface area contributed by atoms with Gasteiger partial charge in [0.25, 0.3) is 0 Å².